The average molecular weight is 412 g/mol. The number of aryl methyl sites for hydroxylation is 1. The molecule has 1 aliphatic heterocycles. The molecule has 0 radical (unpaired) electrons. The molecule has 0 atom stereocenters. The van der Waals surface area contributed by atoms with Crippen molar-refractivity contribution in [3.8, 4) is 0 Å². The van der Waals surface area contributed by atoms with Gasteiger partial charge in [0.2, 0.25) is 5.91 Å². The molecule has 4 rings (SSSR count). The monoisotopic (exact) mass is 411 g/mol. The molecule has 1 saturated heterocycles. The Labute approximate surface area is 176 Å². The van der Waals surface area contributed by atoms with Crippen molar-refractivity contribution >= 4 is 34.3 Å². The van der Waals surface area contributed by atoms with Gasteiger partial charge in [0.15, 0.2) is 0 Å². The second-order valence-electron chi connectivity index (χ2n) is 7.79. The fourth-order valence-corrected chi connectivity index (χ4v) is 4.59. The van der Waals surface area contributed by atoms with Crippen LogP contribution in [0, 0.1) is 0 Å². The minimum absolute atomic E-state index is 0.0132. The van der Waals surface area contributed by atoms with Crippen LogP contribution in [0.4, 0.5) is 0 Å². The Kier molecular flexibility index (Phi) is 5.86. The molecule has 1 aromatic carbocycles. The van der Waals surface area contributed by atoms with E-state index in [1.807, 2.05) is 28.0 Å². The normalized spacial score (nSPS) is 16.6. The lowest BCUT2D eigenvalue weighted by Gasteiger charge is -2.35. The lowest BCUT2D eigenvalue weighted by molar-refractivity contribution is -0.132. The van der Waals surface area contributed by atoms with Gasteiger partial charge in [-0.25, -0.2) is 0 Å². The number of hydrogen-bond acceptors (Lipinski definition) is 3. The first kappa shape index (κ1) is 19.9. The molecule has 6 heteroatoms. The van der Waals surface area contributed by atoms with Gasteiger partial charge >= 0.3 is 0 Å². The highest BCUT2D eigenvalue weighted by Gasteiger charge is 2.25. The largest absolute Gasteiger partial charge is 0.339 e. The number of halogens is 1. The van der Waals surface area contributed by atoms with E-state index in [0.29, 0.717) is 44.6 Å². The van der Waals surface area contributed by atoms with E-state index < -0.39 is 0 Å². The molecule has 29 heavy (non-hydrogen) atoms. The van der Waals surface area contributed by atoms with E-state index in [2.05, 4.69) is 6.58 Å². The summed E-state index contributed by atoms with van der Waals surface area (Å²) in [5, 5.41) is 1.71. The summed E-state index contributed by atoms with van der Waals surface area (Å²) in [6, 6.07) is 5.62. The molecule has 0 bridgehead atoms. The third-order valence-electron chi connectivity index (χ3n) is 5.92. The zero-order valence-electron chi connectivity index (χ0n) is 16.6. The standard InChI is InChI=1S/C23H26ClN3O2/c1-2-3-8-21(28)26-11-13-27(14-12-26)23(29)16-9-10-18-20(15-16)25-19-7-5-4-6-17(19)22(18)24/h2,9-10,15H,1,3-8,11-14H2. The number of aromatic nitrogens is 1. The molecule has 152 valence electrons. The number of carbonyl (C=O) groups excluding carboxylic acids is 2. The van der Waals surface area contributed by atoms with Gasteiger partial charge in [-0.2, -0.15) is 0 Å². The summed E-state index contributed by atoms with van der Waals surface area (Å²) in [7, 11) is 0. The molecule has 2 aliphatic rings. The maximum Gasteiger partial charge on any atom is 0.254 e. The molecule has 0 N–H and O–H groups in total. The van der Waals surface area contributed by atoms with Gasteiger partial charge in [-0.1, -0.05) is 23.7 Å². The average Bonchev–Trinajstić information content (AvgIpc) is 2.77. The Morgan fingerprint density at radius 2 is 1.83 bits per heavy atom. The minimum atomic E-state index is -0.0132. The smallest absolute Gasteiger partial charge is 0.254 e. The van der Waals surface area contributed by atoms with E-state index in [4.69, 9.17) is 16.6 Å². The number of rotatable bonds is 4. The van der Waals surface area contributed by atoms with Crippen molar-refractivity contribution in [2.24, 2.45) is 0 Å². The number of hydrogen-bond donors (Lipinski definition) is 0. The number of pyridine rings is 1. The fraction of sp³-hybridized carbons (Fsp3) is 0.435. The van der Waals surface area contributed by atoms with Crippen molar-refractivity contribution in [1.29, 1.82) is 0 Å². The number of fused-ring (bicyclic) bond motifs is 2. The molecule has 2 aromatic rings. The van der Waals surface area contributed by atoms with E-state index in [0.717, 1.165) is 47.3 Å². The van der Waals surface area contributed by atoms with Crippen LogP contribution in [0.25, 0.3) is 10.9 Å². The van der Waals surface area contributed by atoms with Crippen molar-refractivity contribution in [3.63, 3.8) is 0 Å². The van der Waals surface area contributed by atoms with Gasteiger partial charge < -0.3 is 9.80 Å². The maximum atomic E-state index is 13.0. The first-order valence-electron chi connectivity index (χ1n) is 10.4. The Bertz CT molecular complexity index is 964. The van der Waals surface area contributed by atoms with Gasteiger partial charge in [0.05, 0.1) is 10.5 Å². The maximum absolute atomic E-state index is 13.0. The number of amides is 2. The van der Waals surface area contributed by atoms with Crippen LogP contribution in [0.1, 0.15) is 47.3 Å². The van der Waals surface area contributed by atoms with Crippen LogP contribution in [0.15, 0.2) is 30.9 Å². The third kappa shape index (κ3) is 4.01. The lowest BCUT2D eigenvalue weighted by Crippen LogP contribution is -2.50. The molecule has 0 spiro atoms. The summed E-state index contributed by atoms with van der Waals surface area (Å²) >= 11 is 6.64. The summed E-state index contributed by atoms with van der Waals surface area (Å²) in [5.41, 5.74) is 3.66. The van der Waals surface area contributed by atoms with Crippen molar-refractivity contribution in [2.45, 2.75) is 38.5 Å². The second-order valence-corrected chi connectivity index (χ2v) is 8.17. The Hall–Kier alpha value is -2.40. The van der Waals surface area contributed by atoms with E-state index in [1.165, 1.54) is 5.56 Å². The quantitative estimate of drug-likeness (QED) is 0.714. The number of nitrogens with zero attached hydrogens (tertiary/aromatic N) is 3. The van der Waals surface area contributed by atoms with Crippen LogP contribution in [-0.4, -0.2) is 52.8 Å². The van der Waals surface area contributed by atoms with Crippen LogP contribution >= 0.6 is 11.6 Å². The van der Waals surface area contributed by atoms with E-state index in [1.54, 1.807) is 6.08 Å². The topological polar surface area (TPSA) is 53.5 Å². The van der Waals surface area contributed by atoms with Crippen LogP contribution in [0.5, 0.6) is 0 Å². The zero-order valence-corrected chi connectivity index (χ0v) is 17.4. The molecular formula is C23H26ClN3O2. The summed E-state index contributed by atoms with van der Waals surface area (Å²) < 4.78 is 0. The molecule has 1 aliphatic carbocycles. The second kappa shape index (κ2) is 8.54. The Morgan fingerprint density at radius 1 is 1.10 bits per heavy atom. The van der Waals surface area contributed by atoms with Crippen molar-refractivity contribution < 1.29 is 9.59 Å². The molecular weight excluding hydrogens is 386 g/mol. The Balaban J connectivity index is 1.49. The lowest BCUT2D eigenvalue weighted by atomic mass is 9.94. The van der Waals surface area contributed by atoms with Gasteiger partial charge in [0, 0.05) is 49.2 Å². The SMILES string of the molecule is C=CCCC(=O)N1CCN(C(=O)c2ccc3c(Cl)c4c(nc3c2)CCCC4)CC1. The van der Waals surface area contributed by atoms with Crippen LogP contribution in [0.2, 0.25) is 5.02 Å². The molecule has 0 saturated carbocycles. The summed E-state index contributed by atoms with van der Waals surface area (Å²) in [6.45, 7) is 5.91. The third-order valence-corrected chi connectivity index (χ3v) is 6.35. The first-order valence-corrected chi connectivity index (χ1v) is 10.7. The molecule has 2 amide bonds. The molecule has 2 heterocycles. The molecule has 1 aromatic heterocycles. The predicted octanol–water partition coefficient (Wildman–Crippen LogP) is 4.02. The van der Waals surface area contributed by atoms with Gasteiger partial charge in [-0.15, -0.1) is 6.58 Å². The van der Waals surface area contributed by atoms with Crippen molar-refractivity contribution in [2.75, 3.05) is 26.2 Å². The number of allylic oxidation sites excluding steroid dienone is 1. The highest BCUT2D eigenvalue weighted by atomic mass is 35.5. The summed E-state index contributed by atoms with van der Waals surface area (Å²) in [5.74, 6) is 0.118. The zero-order chi connectivity index (χ0) is 20.4. The summed E-state index contributed by atoms with van der Waals surface area (Å²) in [6.07, 6.45) is 7.15. The van der Waals surface area contributed by atoms with E-state index in [-0.39, 0.29) is 11.8 Å². The molecule has 5 nitrogen and oxygen atoms in total. The van der Waals surface area contributed by atoms with Crippen LogP contribution in [-0.2, 0) is 17.6 Å². The predicted molar refractivity (Wildman–Crippen MR) is 115 cm³/mol. The van der Waals surface area contributed by atoms with Gasteiger partial charge in [0.25, 0.3) is 5.91 Å². The molecule has 0 unspecified atom stereocenters. The van der Waals surface area contributed by atoms with Gasteiger partial charge in [-0.05, 0) is 49.8 Å². The number of carbonyl (C=O) groups is 2. The first-order chi connectivity index (χ1) is 14.1. The fourth-order valence-electron chi connectivity index (χ4n) is 4.23. The highest BCUT2D eigenvalue weighted by molar-refractivity contribution is 6.36. The summed E-state index contributed by atoms with van der Waals surface area (Å²) in [4.78, 5) is 33.6. The van der Waals surface area contributed by atoms with E-state index in [9.17, 15) is 9.59 Å². The Morgan fingerprint density at radius 3 is 2.59 bits per heavy atom. The van der Waals surface area contributed by atoms with Crippen LogP contribution < -0.4 is 0 Å². The molecule has 1 fully saturated rings. The number of piperazine rings is 1. The number of benzene rings is 1. The van der Waals surface area contributed by atoms with Gasteiger partial charge in [-0.3, -0.25) is 14.6 Å². The highest BCUT2D eigenvalue weighted by Crippen LogP contribution is 2.33. The minimum Gasteiger partial charge on any atom is -0.339 e. The van der Waals surface area contributed by atoms with Crippen molar-refractivity contribution in [1.82, 2.24) is 14.8 Å². The van der Waals surface area contributed by atoms with Gasteiger partial charge in [0.1, 0.15) is 0 Å². The van der Waals surface area contributed by atoms with E-state index >= 15 is 0 Å². The van der Waals surface area contributed by atoms with Crippen molar-refractivity contribution in [3.05, 3.63) is 52.7 Å². The van der Waals surface area contributed by atoms with Crippen LogP contribution in [0.3, 0.4) is 0 Å².